The lowest BCUT2D eigenvalue weighted by atomic mass is 10.2. The minimum absolute atomic E-state index is 0.0302. The lowest BCUT2D eigenvalue weighted by Gasteiger charge is -2.11. The number of aromatic nitrogens is 4. The van der Waals surface area contributed by atoms with E-state index in [2.05, 4.69) is 15.0 Å². The highest BCUT2D eigenvalue weighted by Crippen LogP contribution is 2.29. The third-order valence-corrected chi connectivity index (χ3v) is 5.74. The molecule has 2 heterocycles. The summed E-state index contributed by atoms with van der Waals surface area (Å²) in [6, 6.07) is 23.3. The number of sulfonamides is 1. The maximum absolute atomic E-state index is 11.6. The summed E-state index contributed by atoms with van der Waals surface area (Å²) in [5.74, 6) is 2.01. The number of ether oxygens (including phenoxy) is 1. The van der Waals surface area contributed by atoms with Gasteiger partial charge >= 0.3 is 0 Å². The van der Waals surface area contributed by atoms with Crippen molar-refractivity contribution in [2.75, 3.05) is 0 Å². The van der Waals surface area contributed by atoms with E-state index in [9.17, 15) is 8.42 Å². The third kappa shape index (κ3) is 3.82. The molecule has 0 spiro atoms. The maximum atomic E-state index is 11.6. The van der Waals surface area contributed by atoms with Crippen LogP contribution in [0, 0.1) is 0 Å². The van der Waals surface area contributed by atoms with Gasteiger partial charge in [-0.25, -0.2) is 28.5 Å². The predicted molar refractivity (Wildman–Crippen MR) is 120 cm³/mol. The number of primary sulfonamides is 1. The molecule has 158 valence electrons. The molecule has 32 heavy (non-hydrogen) atoms. The van der Waals surface area contributed by atoms with Gasteiger partial charge in [0, 0.05) is 23.6 Å². The van der Waals surface area contributed by atoms with Crippen LogP contribution in [0.25, 0.3) is 28.4 Å². The van der Waals surface area contributed by atoms with Crippen molar-refractivity contribution in [3.8, 4) is 28.6 Å². The fourth-order valence-corrected chi connectivity index (χ4v) is 3.85. The minimum Gasteiger partial charge on any atom is -0.457 e. The van der Waals surface area contributed by atoms with E-state index in [1.54, 1.807) is 24.5 Å². The van der Waals surface area contributed by atoms with Gasteiger partial charge in [-0.2, -0.15) is 0 Å². The van der Waals surface area contributed by atoms with Gasteiger partial charge in [0.15, 0.2) is 11.3 Å². The molecule has 0 atom stereocenters. The van der Waals surface area contributed by atoms with Crippen molar-refractivity contribution in [3.63, 3.8) is 0 Å². The predicted octanol–water partition coefficient (Wildman–Crippen LogP) is 3.92. The van der Waals surface area contributed by atoms with E-state index in [4.69, 9.17) is 9.88 Å². The van der Waals surface area contributed by atoms with Crippen molar-refractivity contribution in [1.82, 2.24) is 19.5 Å². The molecule has 0 amide bonds. The van der Waals surface area contributed by atoms with E-state index in [0.29, 0.717) is 28.4 Å². The van der Waals surface area contributed by atoms with Gasteiger partial charge in [0.2, 0.25) is 10.0 Å². The van der Waals surface area contributed by atoms with Gasteiger partial charge in [0.1, 0.15) is 17.3 Å². The summed E-state index contributed by atoms with van der Waals surface area (Å²) >= 11 is 0. The summed E-state index contributed by atoms with van der Waals surface area (Å²) in [5, 5.41) is 5.22. The van der Waals surface area contributed by atoms with Crippen molar-refractivity contribution in [3.05, 3.63) is 91.3 Å². The Kier molecular flexibility index (Phi) is 4.89. The molecule has 0 aliphatic rings. The number of imidazole rings is 1. The van der Waals surface area contributed by atoms with Gasteiger partial charge in [-0.05, 0) is 60.7 Å². The highest BCUT2D eigenvalue weighted by Gasteiger charge is 2.17. The van der Waals surface area contributed by atoms with Gasteiger partial charge in [0.25, 0.3) is 0 Å². The van der Waals surface area contributed by atoms with Crippen LogP contribution in [0.15, 0.2) is 96.2 Å². The molecule has 5 aromatic rings. The van der Waals surface area contributed by atoms with Crippen LogP contribution in [0.4, 0.5) is 0 Å². The van der Waals surface area contributed by atoms with Crippen LogP contribution in [-0.4, -0.2) is 27.9 Å². The lowest BCUT2D eigenvalue weighted by molar-refractivity contribution is 0.482. The lowest BCUT2D eigenvalue weighted by Crippen LogP contribution is -2.11. The molecule has 2 N–H and O–H groups in total. The standard InChI is InChI=1S/C23H17N5O3S/c24-32(29,30)20-12-6-16(7-13-20)22-27-21-23(26-15-14-25-21)28(22)17-8-10-19(11-9-17)31-18-4-2-1-3-5-18/h1-15H,(H2,24,29,30). The summed E-state index contributed by atoms with van der Waals surface area (Å²) in [4.78, 5) is 13.4. The molecule has 0 saturated carbocycles. The molecule has 0 aliphatic heterocycles. The number of fused-ring (bicyclic) bond motifs is 1. The number of hydrogen-bond donors (Lipinski definition) is 1. The highest BCUT2D eigenvalue weighted by molar-refractivity contribution is 7.89. The SMILES string of the molecule is NS(=O)(=O)c1ccc(-c2nc3nccnc3n2-c2ccc(Oc3ccccc3)cc2)cc1. The Labute approximate surface area is 184 Å². The quantitative estimate of drug-likeness (QED) is 0.440. The van der Waals surface area contributed by atoms with E-state index in [1.807, 2.05) is 59.2 Å². The fourth-order valence-electron chi connectivity index (χ4n) is 3.33. The van der Waals surface area contributed by atoms with Crippen LogP contribution in [0.3, 0.4) is 0 Å². The van der Waals surface area contributed by atoms with Crippen molar-refractivity contribution in [2.45, 2.75) is 4.90 Å². The fraction of sp³-hybridized carbons (Fsp3) is 0. The summed E-state index contributed by atoms with van der Waals surface area (Å²) < 4.78 is 30.9. The summed E-state index contributed by atoms with van der Waals surface area (Å²) in [7, 11) is -3.79. The maximum Gasteiger partial charge on any atom is 0.238 e. The van der Waals surface area contributed by atoms with E-state index < -0.39 is 10.0 Å². The Hall–Kier alpha value is -4.08. The van der Waals surface area contributed by atoms with Crippen molar-refractivity contribution in [2.24, 2.45) is 5.14 Å². The molecular formula is C23H17N5O3S. The molecule has 0 aliphatic carbocycles. The van der Waals surface area contributed by atoms with Crippen LogP contribution >= 0.6 is 0 Å². The van der Waals surface area contributed by atoms with Crippen LogP contribution in [0.5, 0.6) is 11.5 Å². The first-order valence-electron chi connectivity index (χ1n) is 9.65. The van der Waals surface area contributed by atoms with Crippen molar-refractivity contribution in [1.29, 1.82) is 0 Å². The average molecular weight is 443 g/mol. The second-order valence-electron chi connectivity index (χ2n) is 6.95. The Morgan fingerprint density at radius 3 is 2.12 bits per heavy atom. The Balaban J connectivity index is 1.58. The normalized spacial score (nSPS) is 11.5. The molecule has 0 radical (unpaired) electrons. The Bertz CT molecular complexity index is 1500. The van der Waals surface area contributed by atoms with Crippen LogP contribution in [0.1, 0.15) is 0 Å². The van der Waals surface area contributed by atoms with Crippen LogP contribution in [-0.2, 0) is 10.0 Å². The molecule has 5 rings (SSSR count). The second-order valence-corrected chi connectivity index (χ2v) is 8.51. The van der Waals surface area contributed by atoms with Crippen LogP contribution < -0.4 is 9.88 Å². The van der Waals surface area contributed by atoms with E-state index >= 15 is 0 Å². The summed E-state index contributed by atoms with van der Waals surface area (Å²) in [5.41, 5.74) is 2.55. The van der Waals surface area contributed by atoms with Gasteiger partial charge in [-0.15, -0.1) is 0 Å². The zero-order valence-electron chi connectivity index (χ0n) is 16.7. The van der Waals surface area contributed by atoms with Crippen molar-refractivity contribution < 1.29 is 13.2 Å². The largest absolute Gasteiger partial charge is 0.457 e. The molecule has 8 nitrogen and oxygen atoms in total. The van der Waals surface area contributed by atoms with Gasteiger partial charge < -0.3 is 4.74 Å². The topological polar surface area (TPSA) is 113 Å². The van der Waals surface area contributed by atoms with Gasteiger partial charge in [-0.3, -0.25) is 4.57 Å². The van der Waals surface area contributed by atoms with Crippen LogP contribution in [0.2, 0.25) is 0 Å². The van der Waals surface area contributed by atoms with E-state index in [1.165, 1.54) is 12.1 Å². The zero-order chi connectivity index (χ0) is 22.1. The Morgan fingerprint density at radius 1 is 0.781 bits per heavy atom. The summed E-state index contributed by atoms with van der Waals surface area (Å²) in [6.45, 7) is 0. The Morgan fingerprint density at radius 2 is 1.44 bits per heavy atom. The first-order chi connectivity index (χ1) is 15.5. The smallest absolute Gasteiger partial charge is 0.238 e. The molecule has 3 aromatic carbocycles. The molecule has 9 heteroatoms. The first kappa shape index (κ1) is 19.9. The molecule has 0 fully saturated rings. The van der Waals surface area contributed by atoms with Crippen molar-refractivity contribution >= 4 is 21.3 Å². The van der Waals surface area contributed by atoms with Gasteiger partial charge in [-0.1, -0.05) is 18.2 Å². The average Bonchev–Trinajstić information content (AvgIpc) is 3.19. The number of hydrogen-bond acceptors (Lipinski definition) is 6. The minimum atomic E-state index is -3.79. The highest BCUT2D eigenvalue weighted by atomic mass is 32.2. The zero-order valence-corrected chi connectivity index (χ0v) is 17.5. The van der Waals surface area contributed by atoms with E-state index in [-0.39, 0.29) is 4.90 Å². The second kappa shape index (κ2) is 7.88. The molecule has 0 bridgehead atoms. The number of para-hydroxylation sites is 1. The molecule has 2 aromatic heterocycles. The number of nitrogens with zero attached hydrogens (tertiary/aromatic N) is 4. The molecule has 0 saturated heterocycles. The van der Waals surface area contributed by atoms with E-state index in [0.717, 1.165) is 11.4 Å². The number of rotatable bonds is 5. The van der Waals surface area contributed by atoms with Gasteiger partial charge in [0.05, 0.1) is 4.90 Å². The third-order valence-electron chi connectivity index (χ3n) is 4.81. The number of benzene rings is 3. The first-order valence-corrected chi connectivity index (χ1v) is 11.2. The number of nitrogens with two attached hydrogens (primary N) is 1. The molecule has 0 unspecified atom stereocenters. The molecular weight excluding hydrogens is 426 g/mol. The monoisotopic (exact) mass is 443 g/mol. The summed E-state index contributed by atoms with van der Waals surface area (Å²) in [6.07, 6.45) is 3.17.